The Kier molecular flexibility index (Phi) is 3.58. The first kappa shape index (κ1) is 11.9. The summed E-state index contributed by atoms with van der Waals surface area (Å²) in [6.07, 6.45) is 4.38. The molecule has 2 unspecified atom stereocenters. The van der Waals surface area contributed by atoms with Crippen LogP contribution in [0.3, 0.4) is 0 Å². The number of hydrogen-bond donors (Lipinski definition) is 1. The van der Waals surface area contributed by atoms with E-state index in [4.69, 9.17) is 4.42 Å². The van der Waals surface area contributed by atoms with Gasteiger partial charge >= 0.3 is 0 Å². The van der Waals surface area contributed by atoms with Gasteiger partial charge < -0.3 is 8.98 Å². The smallest absolute Gasteiger partial charge is 0.149 e. The molecule has 2 aromatic heterocycles. The van der Waals surface area contributed by atoms with Crippen molar-refractivity contribution in [3.05, 3.63) is 36.3 Å². The van der Waals surface area contributed by atoms with Crippen LogP contribution < -0.4 is 5.32 Å². The molecule has 0 aliphatic carbocycles. The second kappa shape index (κ2) is 5.14. The van der Waals surface area contributed by atoms with Gasteiger partial charge in [-0.1, -0.05) is 6.92 Å². The average Bonchev–Trinajstić information content (AvgIpc) is 2.96. The molecule has 0 aliphatic rings. The minimum absolute atomic E-state index is 0.137. The highest BCUT2D eigenvalue weighted by Crippen LogP contribution is 2.21. The van der Waals surface area contributed by atoms with Crippen LogP contribution in [0, 0.1) is 0 Å². The molecule has 0 saturated heterocycles. The van der Waals surface area contributed by atoms with E-state index in [-0.39, 0.29) is 12.1 Å². The van der Waals surface area contributed by atoms with Crippen molar-refractivity contribution in [2.75, 3.05) is 0 Å². The Labute approximate surface area is 101 Å². The van der Waals surface area contributed by atoms with Crippen molar-refractivity contribution in [2.24, 2.45) is 7.05 Å². The van der Waals surface area contributed by atoms with Crippen molar-refractivity contribution in [2.45, 2.75) is 32.4 Å². The van der Waals surface area contributed by atoms with Crippen LogP contribution in [0.25, 0.3) is 0 Å². The third-order valence-corrected chi connectivity index (χ3v) is 2.88. The zero-order valence-electron chi connectivity index (χ0n) is 10.4. The number of rotatable bonds is 5. The van der Waals surface area contributed by atoms with E-state index in [1.54, 1.807) is 12.6 Å². The summed E-state index contributed by atoms with van der Waals surface area (Å²) in [6, 6.07) is 4.24. The van der Waals surface area contributed by atoms with Crippen molar-refractivity contribution < 1.29 is 4.42 Å². The molecule has 0 saturated carbocycles. The lowest BCUT2D eigenvalue weighted by Crippen LogP contribution is -2.25. The Bertz CT molecular complexity index is 449. The van der Waals surface area contributed by atoms with E-state index in [1.165, 1.54) is 0 Å². The van der Waals surface area contributed by atoms with E-state index in [2.05, 4.69) is 29.4 Å². The highest BCUT2D eigenvalue weighted by atomic mass is 16.3. The van der Waals surface area contributed by atoms with E-state index in [0.717, 1.165) is 18.0 Å². The molecule has 0 radical (unpaired) electrons. The SMILES string of the molecule is CCC(NC(C)c1nncn1C)c1ccco1. The largest absolute Gasteiger partial charge is 0.468 e. The van der Waals surface area contributed by atoms with E-state index in [1.807, 2.05) is 23.7 Å². The molecule has 0 spiro atoms. The summed E-state index contributed by atoms with van der Waals surface area (Å²) in [4.78, 5) is 0. The van der Waals surface area contributed by atoms with Crippen LogP contribution in [0.4, 0.5) is 0 Å². The second-order valence-corrected chi connectivity index (χ2v) is 4.16. The fourth-order valence-electron chi connectivity index (χ4n) is 1.95. The molecule has 17 heavy (non-hydrogen) atoms. The second-order valence-electron chi connectivity index (χ2n) is 4.16. The van der Waals surface area contributed by atoms with Gasteiger partial charge in [0.05, 0.1) is 18.3 Å². The number of aromatic nitrogens is 3. The topological polar surface area (TPSA) is 55.9 Å². The Morgan fingerprint density at radius 1 is 1.53 bits per heavy atom. The first-order valence-corrected chi connectivity index (χ1v) is 5.85. The predicted octanol–water partition coefficient (Wildman–Crippen LogP) is 2.21. The van der Waals surface area contributed by atoms with Crippen LogP contribution in [-0.4, -0.2) is 14.8 Å². The van der Waals surface area contributed by atoms with Crippen LogP contribution >= 0.6 is 0 Å². The Morgan fingerprint density at radius 3 is 2.88 bits per heavy atom. The number of aryl methyl sites for hydroxylation is 1. The Morgan fingerprint density at radius 2 is 2.35 bits per heavy atom. The number of hydrogen-bond acceptors (Lipinski definition) is 4. The average molecular weight is 234 g/mol. The van der Waals surface area contributed by atoms with Crippen LogP contribution in [0.15, 0.2) is 29.1 Å². The number of nitrogens with zero attached hydrogens (tertiary/aromatic N) is 3. The van der Waals surface area contributed by atoms with Crippen LogP contribution in [0.5, 0.6) is 0 Å². The van der Waals surface area contributed by atoms with Gasteiger partial charge in [0.15, 0.2) is 0 Å². The maximum atomic E-state index is 5.43. The van der Waals surface area contributed by atoms with Gasteiger partial charge in [-0.3, -0.25) is 5.32 Å². The van der Waals surface area contributed by atoms with E-state index < -0.39 is 0 Å². The van der Waals surface area contributed by atoms with E-state index in [9.17, 15) is 0 Å². The fraction of sp³-hybridized carbons (Fsp3) is 0.500. The van der Waals surface area contributed by atoms with Crippen molar-refractivity contribution in [1.82, 2.24) is 20.1 Å². The lowest BCUT2D eigenvalue weighted by atomic mass is 10.1. The molecule has 0 fully saturated rings. The molecule has 0 amide bonds. The molecule has 5 heteroatoms. The number of nitrogens with one attached hydrogen (secondary N) is 1. The fourth-order valence-corrected chi connectivity index (χ4v) is 1.95. The molecule has 0 aromatic carbocycles. The van der Waals surface area contributed by atoms with Crippen LogP contribution in [0.1, 0.15) is 43.9 Å². The standard InChI is InChI=1S/C12H18N4O/c1-4-10(11-6-5-7-17-11)14-9(2)12-15-13-8-16(12)3/h5-10,14H,4H2,1-3H3. The molecule has 1 N–H and O–H groups in total. The highest BCUT2D eigenvalue weighted by Gasteiger charge is 2.18. The summed E-state index contributed by atoms with van der Waals surface area (Å²) >= 11 is 0. The molecule has 2 aromatic rings. The quantitative estimate of drug-likeness (QED) is 0.861. The monoisotopic (exact) mass is 234 g/mol. The predicted molar refractivity (Wildman–Crippen MR) is 64.3 cm³/mol. The summed E-state index contributed by atoms with van der Waals surface area (Å²) in [5, 5.41) is 11.5. The van der Waals surface area contributed by atoms with Crippen molar-refractivity contribution in [3.8, 4) is 0 Å². The zero-order chi connectivity index (χ0) is 12.3. The summed E-state index contributed by atoms with van der Waals surface area (Å²) < 4.78 is 7.35. The molecule has 2 rings (SSSR count). The lowest BCUT2D eigenvalue weighted by molar-refractivity contribution is 0.367. The molecule has 2 heterocycles. The zero-order valence-corrected chi connectivity index (χ0v) is 10.4. The highest BCUT2D eigenvalue weighted by molar-refractivity contribution is 5.05. The summed E-state index contributed by atoms with van der Waals surface area (Å²) in [5.74, 6) is 1.89. The van der Waals surface area contributed by atoms with Gasteiger partial charge in [0.1, 0.15) is 17.9 Å². The van der Waals surface area contributed by atoms with Gasteiger partial charge in [-0.05, 0) is 25.5 Å². The summed E-state index contributed by atoms with van der Waals surface area (Å²) in [5.41, 5.74) is 0. The Hall–Kier alpha value is -1.62. The molecular weight excluding hydrogens is 216 g/mol. The van der Waals surface area contributed by atoms with Crippen LogP contribution in [0.2, 0.25) is 0 Å². The molecule has 92 valence electrons. The normalized spacial score (nSPS) is 14.8. The van der Waals surface area contributed by atoms with Gasteiger partial charge in [-0.15, -0.1) is 10.2 Å². The summed E-state index contributed by atoms with van der Waals surface area (Å²) in [7, 11) is 1.95. The molecule has 5 nitrogen and oxygen atoms in total. The minimum Gasteiger partial charge on any atom is -0.468 e. The molecule has 2 atom stereocenters. The Balaban J connectivity index is 2.07. The molecule has 0 bridgehead atoms. The van der Waals surface area contributed by atoms with Gasteiger partial charge in [-0.25, -0.2) is 0 Å². The maximum Gasteiger partial charge on any atom is 0.149 e. The van der Waals surface area contributed by atoms with Crippen molar-refractivity contribution in [1.29, 1.82) is 0 Å². The minimum atomic E-state index is 0.137. The van der Waals surface area contributed by atoms with Gasteiger partial charge in [0.25, 0.3) is 0 Å². The van der Waals surface area contributed by atoms with Crippen molar-refractivity contribution >= 4 is 0 Å². The van der Waals surface area contributed by atoms with Crippen LogP contribution in [-0.2, 0) is 7.05 Å². The molecule has 0 aliphatic heterocycles. The maximum absolute atomic E-state index is 5.43. The third kappa shape index (κ3) is 2.55. The first-order valence-electron chi connectivity index (χ1n) is 5.85. The first-order chi connectivity index (χ1) is 8.22. The van der Waals surface area contributed by atoms with Gasteiger partial charge in [0, 0.05) is 7.05 Å². The molecular formula is C12H18N4O. The lowest BCUT2D eigenvalue weighted by Gasteiger charge is -2.19. The van der Waals surface area contributed by atoms with Gasteiger partial charge in [-0.2, -0.15) is 0 Å². The summed E-state index contributed by atoms with van der Waals surface area (Å²) in [6.45, 7) is 4.21. The number of furan rings is 1. The van der Waals surface area contributed by atoms with E-state index >= 15 is 0 Å². The van der Waals surface area contributed by atoms with Gasteiger partial charge in [0.2, 0.25) is 0 Å². The third-order valence-electron chi connectivity index (χ3n) is 2.88. The van der Waals surface area contributed by atoms with Crippen molar-refractivity contribution in [3.63, 3.8) is 0 Å². The van der Waals surface area contributed by atoms with E-state index in [0.29, 0.717) is 0 Å².